The van der Waals surface area contributed by atoms with E-state index in [1.807, 2.05) is 18.2 Å². The van der Waals surface area contributed by atoms with Crippen molar-refractivity contribution in [3.8, 4) is 11.5 Å². The zero-order valence-corrected chi connectivity index (χ0v) is 10.2. The molecule has 1 unspecified atom stereocenters. The number of hydrogen-bond acceptors (Lipinski definition) is 3. The monoisotopic (exact) mass is 233 g/mol. The molecule has 0 bridgehead atoms. The van der Waals surface area contributed by atoms with Gasteiger partial charge in [-0.3, -0.25) is 0 Å². The van der Waals surface area contributed by atoms with Gasteiger partial charge in [0.1, 0.15) is 18.1 Å². The van der Waals surface area contributed by atoms with Crippen molar-refractivity contribution in [1.82, 2.24) is 5.32 Å². The molecule has 3 nitrogen and oxygen atoms in total. The lowest BCUT2D eigenvalue weighted by molar-refractivity contribution is 0.306. The molecule has 0 saturated heterocycles. The van der Waals surface area contributed by atoms with Gasteiger partial charge in [0.25, 0.3) is 0 Å². The van der Waals surface area contributed by atoms with Crippen LogP contribution in [0.1, 0.15) is 24.9 Å². The molecule has 1 N–H and O–H groups in total. The molecule has 0 aliphatic carbocycles. The Labute approximate surface area is 102 Å². The van der Waals surface area contributed by atoms with E-state index in [9.17, 15) is 0 Å². The van der Waals surface area contributed by atoms with Crippen LogP contribution < -0.4 is 14.8 Å². The number of likely N-dealkylation sites (N-methyl/N-ethyl adjacent to an activating group) is 1. The van der Waals surface area contributed by atoms with Gasteiger partial charge in [0.15, 0.2) is 0 Å². The molecule has 0 radical (unpaired) electrons. The summed E-state index contributed by atoms with van der Waals surface area (Å²) in [4.78, 5) is 0. The van der Waals surface area contributed by atoms with E-state index in [2.05, 4.69) is 24.9 Å². The van der Waals surface area contributed by atoms with Crippen molar-refractivity contribution >= 4 is 0 Å². The lowest BCUT2D eigenvalue weighted by atomic mass is 10.1. The van der Waals surface area contributed by atoms with Crippen LogP contribution in [0.2, 0.25) is 0 Å². The minimum Gasteiger partial charge on any atom is -0.493 e. The van der Waals surface area contributed by atoms with Crippen molar-refractivity contribution in [2.75, 3.05) is 19.8 Å². The quantitative estimate of drug-likeness (QED) is 0.605. The molecule has 2 rings (SSSR count). The van der Waals surface area contributed by atoms with Crippen molar-refractivity contribution in [2.45, 2.75) is 19.4 Å². The summed E-state index contributed by atoms with van der Waals surface area (Å²) < 4.78 is 11.2. The third-order valence-corrected chi connectivity index (χ3v) is 2.81. The number of ether oxygens (including phenoxy) is 2. The largest absolute Gasteiger partial charge is 0.493 e. The van der Waals surface area contributed by atoms with Crippen LogP contribution in [0.5, 0.6) is 11.5 Å². The van der Waals surface area contributed by atoms with E-state index in [-0.39, 0.29) is 0 Å². The van der Waals surface area contributed by atoms with Crippen LogP contribution in [0.4, 0.5) is 0 Å². The third kappa shape index (κ3) is 2.80. The number of fused-ring (bicyclic) bond motifs is 1. The van der Waals surface area contributed by atoms with Gasteiger partial charge in [0.2, 0.25) is 0 Å². The van der Waals surface area contributed by atoms with Crippen molar-refractivity contribution < 1.29 is 9.47 Å². The molecule has 0 saturated carbocycles. The summed E-state index contributed by atoms with van der Waals surface area (Å²) >= 11 is 0. The van der Waals surface area contributed by atoms with Crippen LogP contribution in [-0.2, 0) is 0 Å². The minimum absolute atomic E-state index is 0.317. The van der Waals surface area contributed by atoms with Crippen molar-refractivity contribution in [3.63, 3.8) is 0 Å². The third-order valence-electron chi connectivity index (χ3n) is 2.81. The van der Waals surface area contributed by atoms with Crippen LogP contribution in [0.3, 0.4) is 0 Å². The Balaban J connectivity index is 2.03. The molecular weight excluding hydrogens is 214 g/mol. The first kappa shape index (κ1) is 12.0. The highest BCUT2D eigenvalue weighted by Crippen LogP contribution is 2.35. The number of rotatable bonds is 6. The maximum Gasteiger partial charge on any atom is 0.127 e. The first-order valence-corrected chi connectivity index (χ1v) is 6.09. The second kappa shape index (κ2) is 5.73. The predicted molar refractivity (Wildman–Crippen MR) is 68.7 cm³/mol. The van der Waals surface area contributed by atoms with Crippen LogP contribution in [-0.4, -0.2) is 19.8 Å². The summed E-state index contributed by atoms with van der Waals surface area (Å²) in [6.07, 6.45) is 2.71. The van der Waals surface area contributed by atoms with Gasteiger partial charge in [-0.1, -0.05) is 13.0 Å². The van der Waals surface area contributed by atoms with E-state index < -0.39 is 0 Å². The molecule has 0 spiro atoms. The van der Waals surface area contributed by atoms with Gasteiger partial charge in [-0.05, 0) is 25.1 Å². The zero-order valence-electron chi connectivity index (χ0n) is 10.2. The summed E-state index contributed by atoms with van der Waals surface area (Å²) in [6.45, 7) is 8.09. The summed E-state index contributed by atoms with van der Waals surface area (Å²) in [6, 6.07) is 6.37. The lowest BCUT2D eigenvalue weighted by Crippen LogP contribution is -2.21. The fourth-order valence-electron chi connectivity index (χ4n) is 1.96. The van der Waals surface area contributed by atoms with E-state index in [0.717, 1.165) is 24.5 Å². The first-order valence-electron chi connectivity index (χ1n) is 6.09. The Morgan fingerprint density at radius 3 is 3.24 bits per heavy atom. The van der Waals surface area contributed by atoms with E-state index in [4.69, 9.17) is 9.47 Å². The molecule has 1 heterocycles. The second-order valence-corrected chi connectivity index (χ2v) is 4.05. The Morgan fingerprint density at radius 1 is 1.59 bits per heavy atom. The van der Waals surface area contributed by atoms with Gasteiger partial charge >= 0.3 is 0 Å². The first-order chi connectivity index (χ1) is 8.35. The Hall–Kier alpha value is -1.48. The van der Waals surface area contributed by atoms with Gasteiger partial charge in [-0.2, -0.15) is 0 Å². The van der Waals surface area contributed by atoms with E-state index in [1.165, 1.54) is 5.56 Å². The van der Waals surface area contributed by atoms with Gasteiger partial charge in [-0.25, -0.2) is 0 Å². The van der Waals surface area contributed by atoms with Crippen LogP contribution >= 0.6 is 0 Å². The molecule has 0 amide bonds. The Morgan fingerprint density at radius 2 is 2.47 bits per heavy atom. The topological polar surface area (TPSA) is 30.5 Å². The molecule has 3 heteroatoms. The van der Waals surface area contributed by atoms with E-state index in [1.54, 1.807) is 0 Å². The van der Waals surface area contributed by atoms with Crippen LogP contribution in [0.15, 0.2) is 30.9 Å². The molecule has 1 aromatic carbocycles. The predicted octanol–water partition coefficient (Wildman–Crippen LogP) is 2.68. The van der Waals surface area contributed by atoms with E-state index >= 15 is 0 Å². The average Bonchev–Trinajstić information content (AvgIpc) is 2.73. The van der Waals surface area contributed by atoms with Crippen LogP contribution in [0.25, 0.3) is 0 Å². The molecular formula is C14H19NO2. The fraction of sp³-hybridized carbons (Fsp3) is 0.429. The molecule has 92 valence electrons. The molecule has 1 aromatic rings. The Kier molecular flexibility index (Phi) is 4.04. The molecule has 0 fully saturated rings. The maximum absolute atomic E-state index is 5.65. The van der Waals surface area contributed by atoms with Crippen LogP contribution in [0, 0.1) is 0 Å². The maximum atomic E-state index is 5.65. The normalized spacial score (nSPS) is 17.4. The van der Waals surface area contributed by atoms with Crippen molar-refractivity contribution in [3.05, 3.63) is 36.4 Å². The summed E-state index contributed by atoms with van der Waals surface area (Å²) in [5.41, 5.74) is 1.22. The van der Waals surface area contributed by atoms with Gasteiger partial charge in [0.05, 0.1) is 12.6 Å². The van der Waals surface area contributed by atoms with Gasteiger partial charge in [0, 0.05) is 11.6 Å². The summed E-state index contributed by atoms with van der Waals surface area (Å²) in [5.74, 6) is 1.80. The van der Waals surface area contributed by atoms with Gasteiger partial charge in [-0.15, -0.1) is 6.58 Å². The number of benzene rings is 1. The molecule has 0 aromatic heterocycles. The zero-order chi connectivity index (χ0) is 12.1. The lowest BCUT2D eigenvalue weighted by Gasteiger charge is -2.09. The summed E-state index contributed by atoms with van der Waals surface area (Å²) in [7, 11) is 0. The van der Waals surface area contributed by atoms with Gasteiger partial charge < -0.3 is 14.8 Å². The SMILES string of the molecule is C=CCCOc1ccc2c(c1)OCC2NCC. The average molecular weight is 233 g/mol. The molecule has 1 aliphatic heterocycles. The minimum atomic E-state index is 0.317. The Bertz CT molecular complexity index is 390. The van der Waals surface area contributed by atoms with Crippen molar-refractivity contribution in [2.24, 2.45) is 0 Å². The molecule has 17 heavy (non-hydrogen) atoms. The standard InChI is InChI=1S/C14H19NO2/c1-3-5-8-16-11-6-7-12-13(15-4-2)10-17-14(12)9-11/h3,6-7,9,13,15H,1,4-5,8,10H2,2H3. The van der Waals surface area contributed by atoms with Crippen molar-refractivity contribution in [1.29, 1.82) is 0 Å². The highest BCUT2D eigenvalue weighted by atomic mass is 16.5. The second-order valence-electron chi connectivity index (χ2n) is 4.05. The number of hydrogen-bond donors (Lipinski definition) is 1. The molecule has 1 atom stereocenters. The molecule has 1 aliphatic rings. The smallest absolute Gasteiger partial charge is 0.127 e. The highest BCUT2D eigenvalue weighted by Gasteiger charge is 2.23. The summed E-state index contributed by atoms with van der Waals surface area (Å²) in [5, 5.41) is 3.39. The van der Waals surface area contributed by atoms with E-state index in [0.29, 0.717) is 19.3 Å². The fourth-order valence-corrected chi connectivity index (χ4v) is 1.96. The number of nitrogens with one attached hydrogen (secondary N) is 1. The highest BCUT2D eigenvalue weighted by molar-refractivity contribution is 5.45.